The number of aromatic nitrogens is 3. The highest BCUT2D eigenvalue weighted by Gasteiger charge is 2.26. The lowest BCUT2D eigenvalue weighted by Gasteiger charge is -2.29. The van der Waals surface area contributed by atoms with Crippen molar-refractivity contribution in [3.8, 4) is 11.3 Å². The van der Waals surface area contributed by atoms with Crippen LogP contribution < -0.4 is 10.6 Å². The second-order valence-corrected chi connectivity index (χ2v) is 10.9. The van der Waals surface area contributed by atoms with Crippen LogP contribution in [-0.2, 0) is 10.0 Å². The minimum atomic E-state index is -3.85. The van der Waals surface area contributed by atoms with Crippen molar-refractivity contribution in [2.45, 2.75) is 42.7 Å². The quantitative estimate of drug-likeness (QED) is 0.324. The molecule has 0 aliphatic heterocycles. The zero-order chi connectivity index (χ0) is 25.3. The zero-order valence-corrected chi connectivity index (χ0v) is 20.7. The van der Waals surface area contributed by atoms with Crippen LogP contribution in [0.15, 0.2) is 71.9 Å². The molecule has 2 aromatic heterocycles. The van der Waals surface area contributed by atoms with Gasteiger partial charge in [0.1, 0.15) is 0 Å². The number of hydrogen-bond donors (Lipinski definition) is 3. The summed E-state index contributed by atoms with van der Waals surface area (Å²) >= 11 is 6.51. The molecule has 3 N–H and O–H groups in total. The summed E-state index contributed by atoms with van der Waals surface area (Å²) in [4.78, 5) is 20.2. The van der Waals surface area contributed by atoms with Gasteiger partial charge < -0.3 is 15.7 Å². The van der Waals surface area contributed by atoms with Gasteiger partial charge in [0.15, 0.2) is 0 Å². The molecule has 0 spiro atoms. The molecule has 1 saturated carbocycles. The van der Waals surface area contributed by atoms with E-state index in [2.05, 4.69) is 20.6 Å². The van der Waals surface area contributed by atoms with Crippen molar-refractivity contribution in [2.24, 2.45) is 0 Å². The molecule has 2 aromatic carbocycles. The molecule has 186 valence electrons. The first-order valence-corrected chi connectivity index (χ1v) is 13.3. The first-order chi connectivity index (χ1) is 17.3. The standard InChI is InChI=1S/C25H24ClN5O4S/c26-21-14-27-24(28-16-7-6-8-17(13-16)29-25(32)33)30-23(21)20-15-31(22-12-5-4-11-19(20)22)36(34,35)18-9-2-1-3-10-18/h1-5,9-12,14-17,29H,6-8,13H2,(H,32,33)(H,27,28,30)/t16-,17+/m1/s1. The number of nitrogens with one attached hydrogen (secondary N) is 2. The van der Waals surface area contributed by atoms with E-state index in [0.29, 0.717) is 34.5 Å². The number of nitrogens with zero attached hydrogens (tertiary/aromatic N) is 3. The molecule has 1 fully saturated rings. The Hall–Kier alpha value is -3.63. The van der Waals surface area contributed by atoms with Crippen molar-refractivity contribution >= 4 is 44.6 Å². The molecule has 1 aliphatic carbocycles. The van der Waals surface area contributed by atoms with Gasteiger partial charge in [-0.25, -0.2) is 27.2 Å². The molecule has 2 heterocycles. The van der Waals surface area contributed by atoms with Crippen molar-refractivity contribution in [3.05, 3.63) is 72.0 Å². The van der Waals surface area contributed by atoms with Gasteiger partial charge in [-0.2, -0.15) is 0 Å². The summed E-state index contributed by atoms with van der Waals surface area (Å²) in [5.74, 6) is 0.345. The van der Waals surface area contributed by atoms with E-state index in [-0.39, 0.29) is 22.0 Å². The van der Waals surface area contributed by atoms with Crippen LogP contribution in [0.2, 0.25) is 5.02 Å². The third-order valence-corrected chi connectivity index (χ3v) is 8.28. The van der Waals surface area contributed by atoms with Crippen LogP contribution in [0, 0.1) is 0 Å². The van der Waals surface area contributed by atoms with E-state index in [9.17, 15) is 13.2 Å². The van der Waals surface area contributed by atoms with Crippen LogP contribution in [0.3, 0.4) is 0 Å². The molecular weight excluding hydrogens is 502 g/mol. The number of para-hydroxylation sites is 1. The average molecular weight is 526 g/mol. The molecule has 0 unspecified atom stereocenters. The van der Waals surface area contributed by atoms with Crippen molar-refractivity contribution < 1.29 is 18.3 Å². The number of hydrogen-bond acceptors (Lipinski definition) is 6. The van der Waals surface area contributed by atoms with Gasteiger partial charge in [0.2, 0.25) is 5.95 Å². The number of carbonyl (C=O) groups is 1. The summed E-state index contributed by atoms with van der Waals surface area (Å²) in [5.41, 5.74) is 1.48. The maximum absolute atomic E-state index is 13.5. The average Bonchev–Trinajstić information content (AvgIpc) is 3.26. The van der Waals surface area contributed by atoms with Gasteiger partial charge in [0.25, 0.3) is 10.0 Å². The number of fused-ring (bicyclic) bond motifs is 1. The Morgan fingerprint density at radius 1 is 1.06 bits per heavy atom. The first kappa shape index (κ1) is 24.1. The molecule has 1 aliphatic rings. The Kier molecular flexibility index (Phi) is 6.55. The summed E-state index contributed by atoms with van der Waals surface area (Å²) in [6, 6.07) is 15.3. The second-order valence-electron chi connectivity index (χ2n) is 8.72. The minimum Gasteiger partial charge on any atom is -0.465 e. The first-order valence-electron chi connectivity index (χ1n) is 11.5. The highest BCUT2D eigenvalue weighted by atomic mass is 35.5. The molecule has 2 atom stereocenters. The summed E-state index contributed by atoms with van der Waals surface area (Å²) in [6.07, 6.45) is 5.11. The molecular formula is C25H24ClN5O4S. The third kappa shape index (κ3) is 4.74. The lowest BCUT2D eigenvalue weighted by atomic mass is 9.91. The van der Waals surface area contributed by atoms with Gasteiger partial charge in [-0.3, -0.25) is 0 Å². The van der Waals surface area contributed by atoms with Crippen LogP contribution in [0.4, 0.5) is 10.7 Å². The molecule has 0 saturated heterocycles. The number of anilines is 1. The van der Waals surface area contributed by atoms with Gasteiger partial charge in [-0.1, -0.05) is 48.0 Å². The monoisotopic (exact) mass is 525 g/mol. The molecule has 36 heavy (non-hydrogen) atoms. The van der Waals surface area contributed by atoms with Gasteiger partial charge in [0, 0.05) is 29.2 Å². The van der Waals surface area contributed by atoms with Gasteiger partial charge in [0.05, 0.1) is 27.3 Å². The van der Waals surface area contributed by atoms with E-state index in [1.165, 1.54) is 10.2 Å². The topological polar surface area (TPSA) is 126 Å². The fraction of sp³-hybridized carbons (Fsp3) is 0.240. The van der Waals surface area contributed by atoms with E-state index in [1.54, 1.807) is 48.7 Å². The predicted molar refractivity (Wildman–Crippen MR) is 138 cm³/mol. The van der Waals surface area contributed by atoms with Crippen LogP contribution in [-0.4, -0.2) is 45.6 Å². The van der Waals surface area contributed by atoms with Crippen molar-refractivity contribution in [3.63, 3.8) is 0 Å². The van der Waals surface area contributed by atoms with Crippen LogP contribution >= 0.6 is 11.6 Å². The summed E-state index contributed by atoms with van der Waals surface area (Å²) in [7, 11) is -3.85. The largest absolute Gasteiger partial charge is 0.465 e. The molecule has 4 aromatic rings. The lowest BCUT2D eigenvalue weighted by Crippen LogP contribution is -2.41. The number of carboxylic acid groups (broad SMARTS) is 1. The SMILES string of the molecule is O=C(O)N[C@H]1CCC[C@@H](Nc2ncc(Cl)c(-c3cn(S(=O)(=O)c4ccccc4)c4ccccc34)n2)C1. The summed E-state index contributed by atoms with van der Waals surface area (Å²) in [6.45, 7) is 0. The van der Waals surface area contributed by atoms with Crippen LogP contribution in [0.1, 0.15) is 25.7 Å². The molecule has 5 rings (SSSR count). The predicted octanol–water partition coefficient (Wildman–Crippen LogP) is 4.98. The Morgan fingerprint density at radius 3 is 2.56 bits per heavy atom. The normalized spacial score (nSPS) is 18.1. The van der Waals surface area contributed by atoms with Crippen molar-refractivity contribution in [1.82, 2.24) is 19.3 Å². The summed E-state index contributed by atoms with van der Waals surface area (Å²) in [5, 5.41) is 15.9. The highest BCUT2D eigenvalue weighted by molar-refractivity contribution is 7.90. The van der Waals surface area contributed by atoms with Gasteiger partial charge in [-0.05, 0) is 43.9 Å². The number of amides is 1. The second kappa shape index (κ2) is 9.79. The Labute approximate surface area is 213 Å². The Bertz CT molecular complexity index is 1520. The number of rotatable bonds is 6. The van der Waals surface area contributed by atoms with Gasteiger partial charge in [-0.15, -0.1) is 0 Å². The van der Waals surface area contributed by atoms with Gasteiger partial charge >= 0.3 is 6.09 Å². The third-order valence-electron chi connectivity index (χ3n) is 6.31. The van der Waals surface area contributed by atoms with Crippen molar-refractivity contribution in [1.29, 1.82) is 0 Å². The van der Waals surface area contributed by atoms with E-state index >= 15 is 0 Å². The lowest BCUT2D eigenvalue weighted by molar-refractivity contribution is 0.185. The fourth-order valence-electron chi connectivity index (χ4n) is 4.68. The molecule has 0 radical (unpaired) electrons. The van der Waals surface area contributed by atoms with Crippen LogP contribution in [0.25, 0.3) is 22.2 Å². The number of benzene rings is 2. The molecule has 1 amide bonds. The van der Waals surface area contributed by atoms with E-state index in [4.69, 9.17) is 16.7 Å². The fourth-order valence-corrected chi connectivity index (χ4v) is 6.26. The van der Waals surface area contributed by atoms with Crippen LogP contribution in [0.5, 0.6) is 0 Å². The van der Waals surface area contributed by atoms with Crippen molar-refractivity contribution in [2.75, 3.05) is 5.32 Å². The maximum Gasteiger partial charge on any atom is 0.404 e. The Balaban J connectivity index is 1.52. The molecule has 0 bridgehead atoms. The van der Waals surface area contributed by atoms with E-state index in [0.717, 1.165) is 19.3 Å². The Morgan fingerprint density at radius 2 is 1.78 bits per heavy atom. The zero-order valence-electron chi connectivity index (χ0n) is 19.1. The molecule has 11 heteroatoms. The highest BCUT2D eigenvalue weighted by Crippen LogP contribution is 2.36. The minimum absolute atomic E-state index is 0.00979. The molecule has 9 nitrogen and oxygen atoms in total. The van der Waals surface area contributed by atoms with E-state index < -0.39 is 16.1 Å². The van der Waals surface area contributed by atoms with E-state index in [1.807, 2.05) is 12.1 Å². The smallest absolute Gasteiger partial charge is 0.404 e. The summed E-state index contributed by atoms with van der Waals surface area (Å²) < 4.78 is 28.2. The number of halogens is 1. The maximum atomic E-state index is 13.5.